The number of carbonyl (C=O) groups is 2. The van der Waals surface area contributed by atoms with Crippen molar-refractivity contribution in [2.45, 2.75) is 31.8 Å². The second-order valence-electron chi connectivity index (χ2n) is 3.65. The molecule has 6 heteroatoms. The molecule has 1 aliphatic rings. The summed E-state index contributed by atoms with van der Waals surface area (Å²) in [6.45, 7) is 1.58. The van der Waals surface area contributed by atoms with Gasteiger partial charge in [0.15, 0.2) is 0 Å². The Kier molecular flexibility index (Phi) is 6.06. The maximum Gasteiger partial charge on any atom is 0.328 e. The Morgan fingerprint density at radius 1 is 1.62 bits per heavy atom. The average Bonchev–Trinajstić information content (AvgIpc) is 2.63. The summed E-state index contributed by atoms with van der Waals surface area (Å²) in [4.78, 5) is 22.6. The molecule has 0 aliphatic heterocycles. The Hall–Kier alpha value is -1.07. The summed E-state index contributed by atoms with van der Waals surface area (Å²) in [5.41, 5.74) is 6.31. The van der Waals surface area contributed by atoms with Crippen molar-refractivity contribution in [3.63, 3.8) is 0 Å². The van der Waals surface area contributed by atoms with Crippen molar-refractivity contribution < 1.29 is 14.3 Å². The van der Waals surface area contributed by atoms with E-state index in [1.165, 1.54) is 7.11 Å². The molecule has 0 heterocycles. The largest absolute Gasteiger partial charge is 0.467 e. The van der Waals surface area contributed by atoms with Gasteiger partial charge in [-0.1, -0.05) is 6.08 Å². The minimum atomic E-state index is -0.625. The van der Waals surface area contributed by atoms with E-state index in [2.05, 4.69) is 10.1 Å². The number of esters is 1. The normalized spacial score (nSPS) is 20.4. The number of nitrogens with one attached hydrogen (secondary N) is 1. The van der Waals surface area contributed by atoms with E-state index < -0.39 is 12.0 Å². The zero-order valence-electron chi connectivity index (χ0n) is 9.36. The van der Waals surface area contributed by atoms with Crippen LogP contribution in [0.4, 0.5) is 0 Å². The van der Waals surface area contributed by atoms with E-state index in [0.29, 0.717) is 12.0 Å². The highest BCUT2D eigenvalue weighted by atomic mass is 35.5. The molecule has 5 nitrogen and oxygen atoms in total. The highest BCUT2D eigenvalue weighted by Crippen LogP contribution is 2.16. The highest BCUT2D eigenvalue weighted by Gasteiger charge is 2.22. The summed E-state index contributed by atoms with van der Waals surface area (Å²) in [7, 11) is 1.29. The van der Waals surface area contributed by atoms with Crippen LogP contribution in [0, 0.1) is 0 Å². The summed E-state index contributed by atoms with van der Waals surface area (Å²) in [6, 6.07) is -0.598. The number of carbonyl (C=O) groups excluding carboxylic acids is 2. The Morgan fingerprint density at radius 3 is 2.69 bits per heavy atom. The smallest absolute Gasteiger partial charge is 0.328 e. The molecule has 0 bridgehead atoms. The van der Waals surface area contributed by atoms with E-state index in [1.54, 1.807) is 6.92 Å². The number of hydrogen-bond donors (Lipinski definition) is 2. The lowest BCUT2D eigenvalue weighted by atomic mass is 10.2. The first-order valence-electron chi connectivity index (χ1n) is 4.88. The van der Waals surface area contributed by atoms with Crippen LogP contribution in [0.15, 0.2) is 11.6 Å². The van der Waals surface area contributed by atoms with Crippen LogP contribution < -0.4 is 11.1 Å². The van der Waals surface area contributed by atoms with Gasteiger partial charge in [0.05, 0.1) is 7.11 Å². The van der Waals surface area contributed by atoms with Crippen molar-refractivity contribution in [3.8, 4) is 0 Å². The summed E-state index contributed by atoms with van der Waals surface area (Å²) in [5, 5.41) is 2.56. The Bertz CT molecular complexity index is 304. The first-order chi connectivity index (χ1) is 7.04. The Morgan fingerprint density at radius 2 is 2.25 bits per heavy atom. The fraction of sp³-hybridized carbons (Fsp3) is 0.600. The molecule has 1 aliphatic carbocycles. The second-order valence-corrected chi connectivity index (χ2v) is 3.65. The number of rotatable bonds is 3. The standard InChI is InChI=1S/C10H16N2O3.ClH/c1-6(10(14)15-2)12-9(13)7-3-4-8(11)5-7;/h3,6,8H,4-5,11H2,1-2H3,(H,12,13);1H. The summed E-state index contributed by atoms with van der Waals surface area (Å²) >= 11 is 0. The van der Waals surface area contributed by atoms with Gasteiger partial charge < -0.3 is 15.8 Å². The molecule has 2 atom stereocenters. The maximum absolute atomic E-state index is 11.6. The predicted octanol–water partition coefficient (Wildman–Crippen LogP) is 0.133. The van der Waals surface area contributed by atoms with E-state index in [0.717, 1.165) is 6.42 Å². The van der Waals surface area contributed by atoms with E-state index in [4.69, 9.17) is 5.73 Å². The molecular weight excluding hydrogens is 232 g/mol. The van der Waals surface area contributed by atoms with E-state index >= 15 is 0 Å². The lowest BCUT2D eigenvalue weighted by Crippen LogP contribution is -2.39. The van der Waals surface area contributed by atoms with Gasteiger partial charge in [-0.3, -0.25) is 4.79 Å². The van der Waals surface area contributed by atoms with Crippen molar-refractivity contribution in [3.05, 3.63) is 11.6 Å². The van der Waals surface area contributed by atoms with Gasteiger partial charge in [0.1, 0.15) is 6.04 Å². The van der Waals surface area contributed by atoms with Crippen molar-refractivity contribution in [2.75, 3.05) is 7.11 Å². The van der Waals surface area contributed by atoms with Crippen molar-refractivity contribution in [1.82, 2.24) is 5.32 Å². The van der Waals surface area contributed by atoms with Crippen LogP contribution in [0.5, 0.6) is 0 Å². The molecule has 0 saturated carbocycles. The molecule has 2 unspecified atom stereocenters. The predicted molar refractivity (Wildman–Crippen MR) is 62.2 cm³/mol. The van der Waals surface area contributed by atoms with Crippen molar-refractivity contribution in [1.29, 1.82) is 0 Å². The molecule has 3 N–H and O–H groups in total. The van der Waals surface area contributed by atoms with Gasteiger partial charge in [0, 0.05) is 11.6 Å². The molecule has 1 rings (SSSR count). The zero-order chi connectivity index (χ0) is 11.4. The molecule has 0 spiro atoms. The quantitative estimate of drug-likeness (QED) is 0.696. The molecule has 16 heavy (non-hydrogen) atoms. The second kappa shape index (κ2) is 6.50. The fourth-order valence-corrected chi connectivity index (χ4v) is 1.45. The minimum absolute atomic E-state index is 0. The van der Waals surface area contributed by atoms with Gasteiger partial charge in [-0.2, -0.15) is 0 Å². The molecular formula is C10H17ClN2O3. The number of halogens is 1. The summed E-state index contributed by atoms with van der Waals surface area (Å²) < 4.78 is 4.50. The molecule has 92 valence electrons. The number of methoxy groups -OCH3 is 1. The molecule has 0 aromatic carbocycles. The summed E-state index contributed by atoms with van der Waals surface area (Å²) in [6.07, 6.45) is 3.10. The van der Waals surface area contributed by atoms with Crippen molar-refractivity contribution >= 4 is 24.3 Å². The molecule has 0 fully saturated rings. The van der Waals surface area contributed by atoms with Gasteiger partial charge in [0.2, 0.25) is 5.91 Å². The average molecular weight is 249 g/mol. The van der Waals surface area contributed by atoms with Crippen LogP contribution in [0.25, 0.3) is 0 Å². The number of nitrogens with two attached hydrogens (primary N) is 1. The van der Waals surface area contributed by atoms with E-state index in [-0.39, 0.29) is 24.4 Å². The molecule has 0 saturated heterocycles. The number of hydrogen-bond acceptors (Lipinski definition) is 4. The van der Waals surface area contributed by atoms with Crippen LogP contribution in [0.3, 0.4) is 0 Å². The van der Waals surface area contributed by atoms with E-state index in [9.17, 15) is 9.59 Å². The third-order valence-corrected chi connectivity index (χ3v) is 2.34. The van der Waals surface area contributed by atoms with Crippen LogP contribution in [0.2, 0.25) is 0 Å². The number of ether oxygens (including phenoxy) is 1. The lowest BCUT2D eigenvalue weighted by Gasteiger charge is -2.12. The van der Waals surface area contributed by atoms with Crippen LogP contribution in [0.1, 0.15) is 19.8 Å². The van der Waals surface area contributed by atoms with E-state index in [1.807, 2.05) is 6.08 Å². The molecule has 0 aromatic heterocycles. The van der Waals surface area contributed by atoms with Crippen molar-refractivity contribution in [2.24, 2.45) is 5.73 Å². The lowest BCUT2D eigenvalue weighted by molar-refractivity contribution is -0.144. The van der Waals surface area contributed by atoms with Gasteiger partial charge in [-0.05, 0) is 19.8 Å². The highest BCUT2D eigenvalue weighted by molar-refractivity contribution is 5.96. The first kappa shape index (κ1) is 14.9. The maximum atomic E-state index is 11.6. The summed E-state index contributed by atoms with van der Waals surface area (Å²) in [5.74, 6) is -0.688. The molecule has 1 amide bonds. The minimum Gasteiger partial charge on any atom is -0.467 e. The Balaban J connectivity index is 0.00000225. The third-order valence-electron chi connectivity index (χ3n) is 2.34. The van der Waals surface area contributed by atoms with Gasteiger partial charge in [0.25, 0.3) is 0 Å². The zero-order valence-corrected chi connectivity index (χ0v) is 10.2. The fourth-order valence-electron chi connectivity index (χ4n) is 1.45. The van der Waals surface area contributed by atoms with Gasteiger partial charge >= 0.3 is 5.97 Å². The monoisotopic (exact) mass is 248 g/mol. The third kappa shape index (κ3) is 3.83. The van der Waals surface area contributed by atoms with Crippen LogP contribution in [-0.2, 0) is 14.3 Å². The molecule has 0 aromatic rings. The van der Waals surface area contributed by atoms with Crippen LogP contribution >= 0.6 is 12.4 Å². The SMILES string of the molecule is COC(=O)C(C)NC(=O)C1=CCC(N)C1.Cl. The van der Waals surface area contributed by atoms with Gasteiger partial charge in [-0.25, -0.2) is 4.79 Å². The number of amides is 1. The first-order valence-corrected chi connectivity index (χ1v) is 4.88. The Labute approximate surface area is 101 Å². The van der Waals surface area contributed by atoms with Gasteiger partial charge in [-0.15, -0.1) is 12.4 Å². The van der Waals surface area contributed by atoms with Crippen LogP contribution in [-0.4, -0.2) is 31.1 Å². The molecule has 0 radical (unpaired) electrons. The topological polar surface area (TPSA) is 81.4 Å².